The third kappa shape index (κ3) is 3.51. The number of cyclic esters (lactones) is 1. The molecule has 1 aromatic rings. The first-order valence-corrected chi connectivity index (χ1v) is 8.28. The lowest BCUT2D eigenvalue weighted by Gasteiger charge is -2.27. The van der Waals surface area contributed by atoms with Crippen LogP contribution in [0.2, 0.25) is 0 Å². The van der Waals surface area contributed by atoms with E-state index in [1.165, 1.54) is 17.9 Å². The van der Waals surface area contributed by atoms with E-state index in [0.29, 0.717) is 17.8 Å². The van der Waals surface area contributed by atoms with Crippen molar-refractivity contribution in [3.05, 3.63) is 29.6 Å². The molecule has 6 nitrogen and oxygen atoms in total. The molecule has 7 heteroatoms. The number of amides is 2. The van der Waals surface area contributed by atoms with E-state index in [2.05, 4.69) is 10.6 Å². The summed E-state index contributed by atoms with van der Waals surface area (Å²) in [4.78, 5) is 24.7. The van der Waals surface area contributed by atoms with Crippen LogP contribution in [-0.4, -0.2) is 44.3 Å². The molecule has 130 valence electrons. The summed E-state index contributed by atoms with van der Waals surface area (Å²) in [6.45, 7) is 3.66. The Balaban J connectivity index is 1.82. The van der Waals surface area contributed by atoms with Gasteiger partial charge in [-0.2, -0.15) is 0 Å². The average Bonchev–Trinajstić information content (AvgIpc) is 2.94. The topological polar surface area (TPSA) is 70.7 Å². The minimum Gasteiger partial charge on any atom is -0.442 e. The SMILES string of the molecule is CC(=O)NCC1CN(c2cccc(F)c2C2CCNCC2)C(=O)O1. The molecule has 2 aliphatic rings. The molecule has 3 rings (SSSR count). The van der Waals surface area contributed by atoms with Gasteiger partial charge in [-0.25, -0.2) is 9.18 Å². The van der Waals surface area contributed by atoms with Gasteiger partial charge in [-0.15, -0.1) is 0 Å². The van der Waals surface area contributed by atoms with Gasteiger partial charge in [0.1, 0.15) is 11.9 Å². The van der Waals surface area contributed by atoms with Gasteiger partial charge in [-0.3, -0.25) is 9.69 Å². The second-order valence-electron chi connectivity index (χ2n) is 6.25. The van der Waals surface area contributed by atoms with Crippen molar-refractivity contribution in [2.45, 2.75) is 31.8 Å². The van der Waals surface area contributed by atoms with E-state index >= 15 is 0 Å². The van der Waals surface area contributed by atoms with Gasteiger partial charge in [0, 0.05) is 12.5 Å². The molecule has 2 heterocycles. The van der Waals surface area contributed by atoms with Crippen LogP contribution < -0.4 is 15.5 Å². The van der Waals surface area contributed by atoms with Crippen molar-refractivity contribution < 1.29 is 18.7 Å². The van der Waals surface area contributed by atoms with Crippen LogP contribution in [0.25, 0.3) is 0 Å². The number of halogens is 1. The lowest BCUT2D eigenvalue weighted by molar-refractivity contribution is -0.119. The van der Waals surface area contributed by atoms with Gasteiger partial charge in [0.25, 0.3) is 0 Å². The summed E-state index contributed by atoms with van der Waals surface area (Å²) < 4.78 is 19.8. The van der Waals surface area contributed by atoms with E-state index in [0.717, 1.165) is 25.9 Å². The number of carbonyl (C=O) groups excluding carboxylic acids is 2. The molecule has 1 unspecified atom stereocenters. The average molecular weight is 335 g/mol. The van der Waals surface area contributed by atoms with E-state index in [1.807, 2.05) is 0 Å². The number of hydrogen-bond acceptors (Lipinski definition) is 4. The third-order valence-corrected chi connectivity index (χ3v) is 4.52. The van der Waals surface area contributed by atoms with E-state index < -0.39 is 12.2 Å². The summed E-state index contributed by atoms with van der Waals surface area (Å²) in [5.74, 6) is -0.368. The fourth-order valence-corrected chi connectivity index (χ4v) is 3.36. The van der Waals surface area contributed by atoms with Crippen LogP contribution in [0, 0.1) is 5.82 Å². The van der Waals surface area contributed by atoms with Gasteiger partial charge in [0.2, 0.25) is 5.91 Å². The highest BCUT2D eigenvalue weighted by molar-refractivity contribution is 5.91. The first-order chi connectivity index (χ1) is 11.6. The van der Waals surface area contributed by atoms with E-state index in [1.54, 1.807) is 12.1 Å². The number of nitrogens with one attached hydrogen (secondary N) is 2. The molecule has 0 bridgehead atoms. The minimum absolute atomic E-state index is 0.0876. The zero-order valence-electron chi connectivity index (χ0n) is 13.7. The lowest BCUT2D eigenvalue weighted by Crippen LogP contribution is -2.34. The number of anilines is 1. The van der Waals surface area contributed by atoms with Gasteiger partial charge >= 0.3 is 6.09 Å². The highest BCUT2D eigenvalue weighted by Crippen LogP contribution is 2.36. The Morgan fingerprint density at radius 3 is 2.88 bits per heavy atom. The van der Waals surface area contributed by atoms with Gasteiger partial charge in [0.05, 0.1) is 18.8 Å². The molecule has 2 aliphatic heterocycles. The number of hydrogen-bond donors (Lipinski definition) is 2. The van der Waals surface area contributed by atoms with Crippen molar-refractivity contribution in [3.8, 4) is 0 Å². The Morgan fingerprint density at radius 1 is 1.42 bits per heavy atom. The number of benzene rings is 1. The van der Waals surface area contributed by atoms with Crippen molar-refractivity contribution in [1.82, 2.24) is 10.6 Å². The lowest BCUT2D eigenvalue weighted by atomic mass is 9.88. The summed E-state index contributed by atoms with van der Waals surface area (Å²) in [6, 6.07) is 4.82. The molecule has 2 amide bonds. The normalized spacial score (nSPS) is 21.7. The first kappa shape index (κ1) is 16.7. The smallest absolute Gasteiger partial charge is 0.414 e. The maximum Gasteiger partial charge on any atom is 0.414 e. The summed E-state index contributed by atoms with van der Waals surface area (Å²) in [7, 11) is 0. The van der Waals surface area contributed by atoms with Crippen molar-refractivity contribution in [3.63, 3.8) is 0 Å². The van der Waals surface area contributed by atoms with E-state index in [-0.39, 0.29) is 24.2 Å². The second-order valence-corrected chi connectivity index (χ2v) is 6.25. The zero-order chi connectivity index (χ0) is 17.1. The number of carbonyl (C=O) groups is 2. The molecule has 0 radical (unpaired) electrons. The van der Waals surface area contributed by atoms with Crippen LogP contribution in [0.5, 0.6) is 0 Å². The Kier molecular flexibility index (Phi) is 4.99. The molecule has 0 spiro atoms. The van der Waals surface area contributed by atoms with Gasteiger partial charge in [-0.05, 0) is 44.0 Å². The highest BCUT2D eigenvalue weighted by atomic mass is 19.1. The molecule has 24 heavy (non-hydrogen) atoms. The minimum atomic E-state index is -0.494. The Morgan fingerprint density at radius 2 is 2.17 bits per heavy atom. The van der Waals surface area contributed by atoms with Crippen molar-refractivity contribution in [2.75, 3.05) is 31.1 Å². The first-order valence-electron chi connectivity index (χ1n) is 8.28. The van der Waals surface area contributed by atoms with E-state index in [9.17, 15) is 14.0 Å². The molecule has 2 N–H and O–H groups in total. The van der Waals surface area contributed by atoms with Crippen molar-refractivity contribution >= 4 is 17.7 Å². The monoisotopic (exact) mass is 335 g/mol. The van der Waals surface area contributed by atoms with Crippen LogP contribution in [0.1, 0.15) is 31.2 Å². The van der Waals surface area contributed by atoms with Crippen LogP contribution >= 0.6 is 0 Å². The van der Waals surface area contributed by atoms with E-state index in [4.69, 9.17) is 4.74 Å². The summed E-state index contributed by atoms with van der Waals surface area (Å²) >= 11 is 0. The Labute approximate surface area is 140 Å². The van der Waals surface area contributed by atoms with Crippen molar-refractivity contribution in [2.24, 2.45) is 0 Å². The highest BCUT2D eigenvalue weighted by Gasteiger charge is 2.35. The maximum atomic E-state index is 14.5. The molecule has 0 aromatic heterocycles. The van der Waals surface area contributed by atoms with Gasteiger partial charge in [0.15, 0.2) is 0 Å². The predicted molar refractivity (Wildman–Crippen MR) is 87.5 cm³/mol. The number of nitrogens with zero attached hydrogens (tertiary/aromatic N) is 1. The molecule has 1 atom stereocenters. The number of rotatable bonds is 4. The standard InChI is InChI=1S/C17H22FN3O3/c1-11(22)20-9-13-10-21(17(23)24-13)15-4-2-3-14(18)16(15)12-5-7-19-8-6-12/h2-4,12-13,19H,5-10H2,1H3,(H,20,22). The fourth-order valence-electron chi connectivity index (χ4n) is 3.36. The van der Waals surface area contributed by atoms with Gasteiger partial charge in [-0.1, -0.05) is 6.07 Å². The molecule has 2 fully saturated rings. The van der Waals surface area contributed by atoms with Gasteiger partial charge < -0.3 is 15.4 Å². The Hall–Kier alpha value is -2.15. The third-order valence-electron chi connectivity index (χ3n) is 4.52. The van der Waals surface area contributed by atoms with Crippen molar-refractivity contribution in [1.29, 1.82) is 0 Å². The number of piperidine rings is 1. The Bertz CT molecular complexity index is 632. The maximum absolute atomic E-state index is 14.5. The number of ether oxygens (including phenoxy) is 1. The summed E-state index contributed by atoms with van der Waals surface area (Å²) in [5.41, 5.74) is 1.17. The molecular weight excluding hydrogens is 313 g/mol. The second kappa shape index (κ2) is 7.17. The quantitative estimate of drug-likeness (QED) is 0.879. The van der Waals surface area contributed by atoms with Crippen LogP contribution in [0.3, 0.4) is 0 Å². The van der Waals surface area contributed by atoms with Crippen LogP contribution in [0.4, 0.5) is 14.9 Å². The largest absolute Gasteiger partial charge is 0.442 e. The molecule has 1 aromatic carbocycles. The molecule has 2 saturated heterocycles. The zero-order valence-corrected chi connectivity index (χ0v) is 13.7. The summed E-state index contributed by atoms with van der Waals surface area (Å²) in [5, 5.41) is 5.91. The molecule has 0 aliphatic carbocycles. The predicted octanol–water partition coefficient (Wildman–Crippen LogP) is 1.75. The fraction of sp³-hybridized carbons (Fsp3) is 0.529. The van der Waals surface area contributed by atoms with Crippen LogP contribution in [0.15, 0.2) is 18.2 Å². The molecular formula is C17H22FN3O3. The van der Waals surface area contributed by atoms with Crippen LogP contribution in [-0.2, 0) is 9.53 Å². The molecule has 0 saturated carbocycles. The summed E-state index contributed by atoms with van der Waals surface area (Å²) in [6.07, 6.45) is 0.759.